The molecule has 6 nitrogen and oxygen atoms in total. The van der Waals surface area contributed by atoms with Crippen molar-refractivity contribution in [2.24, 2.45) is 10.9 Å². The molecule has 4 rings (SSSR count). The van der Waals surface area contributed by atoms with Gasteiger partial charge >= 0.3 is 0 Å². The number of nitrogens with one attached hydrogen (secondary N) is 2. The molecule has 2 aliphatic heterocycles. The first kappa shape index (κ1) is 19.7. The predicted molar refractivity (Wildman–Crippen MR) is 112 cm³/mol. The quantitative estimate of drug-likeness (QED) is 0.363. The first-order valence-electron chi connectivity index (χ1n) is 9.58. The van der Waals surface area contributed by atoms with Crippen molar-refractivity contribution in [1.82, 2.24) is 15.6 Å². The third-order valence-electron chi connectivity index (χ3n) is 5.15. The molecular formula is C19H29IN4O2. The fraction of sp³-hybridized carbons (Fsp3) is 0.684. The van der Waals surface area contributed by atoms with Gasteiger partial charge in [-0.25, -0.2) is 9.98 Å². The van der Waals surface area contributed by atoms with Crippen molar-refractivity contribution in [1.29, 1.82) is 0 Å². The van der Waals surface area contributed by atoms with Crippen LogP contribution in [0.15, 0.2) is 23.3 Å². The summed E-state index contributed by atoms with van der Waals surface area (Å²) >= 11 is 0. The van der Waals surface area contributed by atoms with E-state index in [-0.39, 0.29) is 24.0 Å². The summed E-state index contributed by atoms with van der Waals surface area (Å²) in [6.45, 7) is 4.33. The lowest BCUT2D eigenvalue weighted by molar-refractivity contribution is 0.0992. The lowest BCUT2D eigenvalue weighted by Gasteiger charge is -2.22. The van der Waals surface area contributed by atoms with E-state index in [2.05, 4.69) is 22.5 Å². The molecule has 0 amide bonds. The van der Waals surface area contributed by atoms with Gasteiger partial charge in [-0.05, 0) is 50.5 Å². The molecule has 1 aliphatic carbocycles. The van der Waals surface area contributed by atoms with Crippen LogP contribution in [0.2, 0.25) is 0 Å². The van der Waals surface area contributed by atoms with Crippen LogP contribution in [-0.2, 0) is 11.3 Å². The third-order valence-corrected chi connectivity index (χ3v) is 5.15. The van der Waals surface area contributed by atoms with E-state index in [0.717, 1.165) is 43.4 Å². The minimum atomic E-state index is 0. The number of fused-ring (bicyclic) bond motifs is 2. The van der Waals surface area contributed by atoms with E-state index in [1.165, 1.54) is 19.3 Å². The average Bonchev–Trinajstić information content (AvgIpc) is 3.24. The molecule has 3 fully saturated rings. The van der Waals surface area contributed by atoms with Crippen LogP contribution in [0, 0.1) is 5.92 Å². The second-order valence-electron chi connectivity index (χ2n) is 7.31. The van der Waals surface area contributed by atoms with Crippen LogP contribution in [0.25, 0.3) is 0 Å². The molecule has 26 heavy (non-hydrogen) atoms. The molecule has 1 aromatic heterocycles. The maximum Gasteiger partial charge on any atom is 0.213 e. The number of nitrogens with zero attached hydrogens (tertiary/aromatic N) is 2. The summed E-state index contributed by atoms with van der Waals surface area (Å²) in [6.07, 6.45) is 8.68. The Kier molecular flexibility index (Phi) is 6.97. The van der Waals surface area contributed by atoms with E-state index < -0.39 is 0 Å². The number of pyridine rings is 1. The Labute approximate surface area is 172 Å². The largest absolute Gasteiger partial charge is 0.477 e. The van der Waals surface area contributed by atoms with Crippen molar-refractivity contribution < 1.29 is 9.47 Å². The Bertz CT molecular complexity index is 606. The molecule has 0 spiro atoms. The van der Waals surface area contributed by atoms with Crippen LogP contribution < -0.4 is 15.4 Å². The fourth-order valence-electron chi connectivity index (χ4n) is 3.53. The van der Waals surface area contributed by atoms with Crippen LogP contribution in [0.3, 0.4) is 0 Å². The van der Waals surface area contributed by atoms with Crippen molar-refractivity contribution in [3.8, 4) is 5.88 Å². The predicted octanol–water partition coefficient (Wildman–Crippen LogP) is 2.86. The number of guanidine groups is 1. The molecule has 3 unspecified atom stereocenters. The molecule has 144 valence electrons. The summed E-state index contributed by atoms with van der Waals surface area (Å²) in [7, 11) is 0. The highest BCUT2D eigenvalue weighted by molar-refractivity contribution is 14.0. The molecule has 3 heterocycles. The number of aliphatic imine (C=N–C) groups is 1. The first-order chi connectivity index (χ1) is 12.3. The second kappa shape index (κ2) is 9.21. The van der Waals surface area contributed by atoms with Gasteiger partial charge in [-0.3, -0.25) is 0 Å². The van der Waals surface area contributed by atoms with Crippen molar-refractivity contribution in [3.05, 3.63) is 23.9 Å². The van der Waals surface area contributed by atoms with Crippen molar-refractivity contribution in [2.45, 2.75) is 63.8 Å². The van der Waals surface area contributed by atoms with Gasteiger partial charge in [-0.2, -0.15) is 0 Å². The minimum absolute atomic E-state index is 0. The number of rotatable bonds is 7. The third kappa shape index (κ3) is 5.22. The summed E-state index contributed by atoms with van der Waals surface area (Å²) in [5.74, 6) is 2.32. The maximum atomic E-state index is 5.91. The first-order valence-corrected chi connectivity index (χ1v) is 9.58. The molecule has 1 aromatic rings. The summed E-state index contributed by atoms with van der Waals surface area (Å²) in [6, 6.07) is 4.37. The summed E-state index contributed by atoms with van der Waals surface area (Å²) in [5.41, 5.74) is 1.08. The lowest BCUT2D eigenvalue weighted by Crippen LogP contribution is -2.47. The van der Waals surface area contributed by atoms with Gasteiger partial charge in [-0.15, -0.1) is 24.0 Å². The zero-order chi connectivity index (χ0) is 17.1. The molecular weight excluding hydrogens is 443 g/mol. The molecule has 0 radical (unpaired) electrons. The zero-order valence-corrected chi connectivity index (χ0v) is 17.6. The Morgan fingerprint density at radius 2 is 2.19 bits per heavy atom. The summed E-state index contributed by atoms with van der Waals surface area (Å²) < 4.78 is 11.6. The number of aromatic nitrogens is 1. The number of hydrogen-bond donors (Lipinski definition) is 2. The Morgan fingerprint density at radius 1 is 1.31 bits per heavy atom. The SMILES string of the molecule is CCNC(=NCc1ccc(OCC2CC2)nc1)NC1CC2CCC1O2.I. The van der Waals surface area contributed by atoms with Gasteiger partial charge in [0.1, 0.15) is 0 Å². The van der Waals surface area contributed by atoms with Crippen molar-refractivity contribution in [2.75, 3.05) is 13.2 Å². The second-order valence-corrected chi connectivity index (χ2v) is 7.31. The summed E-state index contributed by atoms with van der Waals surface area (Å²) in [5, 5.41) is 6.87. The van der Waals surface area contributed by atoms with Gasteiger partial charge < -0.3 is 20.1 Å². The monoisotopic (exact) mass is 472 g/mol. The lowest BCUT2D eigenvalue weighted by atomic mass is 9.96. The van der Waals surface area contributed by atoms with Crippen LogP contribution >= 0.6 is 24.0 Å². The Balaban J connectivity index is 0.00000196. The van der Waals surface area contributed by atoms with Crippen LogP contribution in [0.5, 0.6) is 5.88 Å². The van der Waals surface area contributed by atoms with E-state index in [4.69, 9.17) is 14.5 Å². The van der Waals surface area contributed by atoms with Crippen LogP contribution in [-0.4, -0.2) is 42.3 Å². The van der Waals surface area contributed by atoms with Gasteiger partial charge in [0.05, 0.1) is 31.4 Å². The molecule has 2 N–H and O–H groups in total. The van der Waals surface area contributed by atoms with Gasteiger partial charge in [-0.1, -0.05) is 6.07 Å². The van der Waals surface area contributed by atoms with Gasteiger partial charge in [0.2, 0.25) is 5.88 Å². The highest BCUT2D eigenvalue weighted by atomic mass is 127. The van der Waals surface area contributed by atoms with E-state index in [0.29, 0.717) is 30.7 Å². The standard InChI is InChI=1S/C19H28N4O2.HI/c1-2-20-19(23-16-9-15-6-7-17(16)25-15)22-11-14-5-8-18(21-10-14)24-12-13-3-4-13;/h5,8,10,13,15-17H,2-4,6-7,9,11-12H2,1H3,(H2,20,22,23);1H. The molecule has 0 aromatic carbocycles. The summed E-state index contributed by atoms with van der Waals surface area (Å²) in [4.78, 5) is 9.09. The molecule has 3 atom stereocenters. The number of halogens is 1. The van der Waals surface area contributed by atoms with Crippen molar-refractivity contribution >= 4 is 29.9 Å². The van der Waals surface area contributed by atoms with E-state index in [9.17, 15) is 0 Å². The highest BCUT2D eigenvalue weighted by Gasteiger charge is 2.41. The molecule has 2 saturated heterocycles. The van der Waals surface area contributed by atoms with E-state index in [1.807, 2.05) is 18.3 Å². The minimum Gasteiger partial charge on any atom is -0.477 e. The Morgan fingerprint density at radius 3 is 2.81 bits per heavy atom. The maximum absolute atomic E-state index is 5.91. The fourth-order valence-corrected chi connectivity index (χ4v) is 3.53. The molecule has 7 heteroatoms. The van der Waals surface area contributed by atoms with E-state index in [1.54, 1.807) is 0 Å². The van der Waals surface area contributed by atoms with Crippen LogP contribution in [0.1, 0.15) is 44.6 Å². The van der Waals surface area contributed by atoms with Gasteiger partial charge in [0.25, 0.3) is 0 Å². The Hall–Kier alpha value is -1.09. The number of ether oxygens (including phenoxy) is 2. The van der Waals surface area contributed by atoms with Crippen molar-refractivity contribution in [3.63, 3.8) is 0 Å². The van der Waals surface area contributed by atoms with E-state index >= 15 is 0 Å². The highest BCUT2D eigenvalue weighted by Crippen LogP contribution is 2.34. The van der Waals surface area contributed by atoms with Gasteiger partial charge in [0, 0.05) is 18.8 Å². The van der Waals surface area contributed by atoms with Crippen LogP contribution in [0.4, 0.5) is 0 Å². The molecule has 2 bridgehead atoms. The smallest absolute Gasteiger partial charge is 0.213 e. The zero-order valence-electron chi connectivity index (χ0n) is 15.3. The molecule has 3 aliphatic rings. The normalized spacial score (nSPS) is 27.1. The number of hydrogen-bond acceptors (Lipinski definition) is 4. The average molecular weight is 472 g/mol. The van der Waals surface area contributed by atoms with Gasteiger partial charge in [0.15, 0.2) is 5.96 Å². The molecule has 1 saturated carbocycles. The topological polar surface area (TPSA) is 67.8 Å².